The van der Waals surface area contributed by atoms with Crippen molar-refractivity contribution in [3.05, 3.63) is 0 Å². The number of amides is 3. The van der Waals surface area contributed by atoms with Crippen molar-refractivity contribution >= 4 is 39.3 Å². The smallest absolute Gasteiger partial charge is 0.469 e. The monoisotopic (exact) mass is 1240 g/mol. The van der Waals surface area contributed by atoms with Crippen LogP contribution in [0.4, 0.5) is 0 Å². The standard InChI is InChI=1S/C44H83N3O33P2/c48-33(45-2-6-66-10-14-70-18-17-69-13-9-65-5-1-34(49)50)27-30(41(57)46-3-7-67-11-15-71-19-21-73-23-25-75-43-39(55)37(53)35(51)31(79-43)28-77-81(59,60)61)42(58)47-4-8-68-12-16-72-20-22-74-24-26-76-44-40(56)38(54)36(52)32(80-44)29-78-82(62,63)64/h30-32,35-40,43-44,51-56H,1-29H2,(H,45,48)(H,46,57)(H,47,58)(H,49,50)(H2,59,60,61)(H2,62,63,64)/t30?,31-,32-,35-,36-,37+,38+,39+,40+,43-,44+/m1/s1. The maximum Gasteiger partial charge on any atom is 0.469 e. The third-order valence-electron chi connectivity index (χ3n) is 10.9. The molecule has 0 aromatic rings. The average Bonchev–Trinajstić information content (AvgIpc) is 3.51. The molecule has 1 unspecified atom stereocenters. The molecule has 0 aliphatic carbocycles. The van der Waals surface area contributed by atoms with Crippen molar-refractivity contribution in [1.82, 2.24) is 16.0 Å². The van der Waals surface area contributed by atoms with Gasteiger partial charge in [0.1, 0.15) is 54.7 Å². The second-order valence-corrected chi connectivity index (χ2v) is 19.8. The highest BCUT2D eigenvalue weighted by molar-refractivity contribution is 7.46. The van der Waals surface area contributed by atoms with Crippen molar-refractivity contribution in [2.24, 2.45) is 5.92 Å². The van der Waals surface area contributed by atoms with Crippen molar-refractivity contribution < 1.29 is 159 Å². The summed E-state index contributed by atoms with van der Waals surface area (Å²) in [5, 5.41) is 76.8. The van der Waals surface area contributed by atoms with Crippen LogP contribution in [0.5, 0.6) is 0 Å². The van der Waals surface area contributed by atoms with Crippen molar-refractivity contribution in [2.45, 2.75) is 74.3 Å². The maximum atomic E-state index is 13.2. The van der Waals surface area contributed by atoms with Crippen LogP contribution in [-0.2, 0) is 104 Å². The maximum absolute atomic E-state index is 13.2. The Labute approximate surface area is 471 Å². The molecular formula is C44H83N3O33P2. The molecule has 2 fully saturated rings. The quantitative estimate of drug-likeness (QED) is 0.0153. The number of nitrogens with one attached hydrogen (secondary N) is 3. The van der Waals surface area contributed by atoms with E-state index in [9.17, 15) is 58.9 Å². The summed E-state index contributed by atoms with van der Waals surface area (Å²) < 4.78 is 106. The highest BCUT2D eigenvalue weighted by Gasteiger charge is 2.46. The molecule has 0 bridgehead atoms. The molecule has 2 rings (SSSR count). The van der Waals surface area contributed by atoms with Gasteiger partial charge in [-0.25, -0.2) is 9.13 Å². The van der Waals surface area contributed by atoms with Crippen molar-refractivity contribution in [3.8, 4) is 0 Å². The Kier molecular flexibility index (Phi) is 41.1. The molecule has 2 saturated heterocycles. The number of aliphatic carboxylic acids is 1. The number of carboxylic acids is 1. The van der Waals surface area contributed by atoms with Crippen LogP contribution in [0.1, 0.15) is 12.8 Å². The molecule has 38 heteroatoms. The van der Waals surface area contributed by atoms with Crippen LogP contribution in [0.25, 0.3) is 0 Å². The van der Waals surface area contributed by atoms with Gasteiger partial charge >= 0.3 is 21.6 Å². The van der Waals surface area contributed by atoms with Crippen molar-refractivity contribution in [1.29, 1.82) is 0 Å². The second-order valence-electron chi connectivity index (χ2n) is 17.3. The van der Waals surface area contributed by atoms with Gasteiger partial charge in [-0.1, -0.05) is 0 Å². The molecule has 0 spiro atoms. The number of aliphatic hydroxyl groups excluding tert-OH is 6. The lowest BCUT2D eigenvalue weighted by molar-refractivity contribution is -0.301. The van der Waals surface area contributed by atoms with E-state index in [1.54, 1.807) is 0 Å². The zero-order chi connectivity index (χ0) is 60.6. The Balaban J connectivity index is 1.65. The minimum absolute atomic E-state index is 0.00705. The van der Waals surface area contributed by atoms with Crippen molar-refractivity contribution in [2.75, 3.05) is 178 Å². The summed E-state index contributed by atoms with van der Waals surface area (Å²) >= 11 is 0. The SMILES string of the molecule is O=C(O)CCOCCOCCOCCOCCNC(=O)CC(C(=O)NCCOCCOCCOCCO[C@@H]1O[C@H](COP(=O)(O)O)[C@@H](O)[C@H](O)[C@@H]1O)C(=O)NCCOCCOCCOCCO[C@H]1O[C@H](COP(=O)(O)O)[C@@H](O)[C@H](O)[C@@H]1O. The molecule has 0 radical (unpaired) electrons. The number of aliphatic hydroxyl groups is 6. The molecule has 36 nitrogen and oxygen atoms in total. The minimum Gasteiger partial charge on any atom is -0.481 e. The van der Waals surface area contributed by atoms with Gasteiger partial charge in [0.15, 0.2) is 12.6 Å². The molecule has 2 aliphatic rings. The number of carboxylic acid groups (broad SMARTS) is 1. The lowest BCUT2D eigenvalue weighted by atomic mass is 9.99. The number of carbonyl (C=O) groups excluding carboxylic acids is 3. The Morgan fingerprint density at radius 2 is 0.695 bits per heavy atom. The van der Waals surface area contributed by atoms with E-state index in [4.69, 9.17) is 91.0 Å². The van der Waals surface area contributed by atoms with E-state index in [0.29, 0.717) is 0 Å². The molecule has 11 atom stereocenters. The van der Waals surface area contributed by atoms with Gasteiger partial charge in [0, 0.05) is 26.1 Å². The van der Waals surface area contributed by atoms with Crippen LogP contribution in [0.2, 0.25) is 0 Å². The molecule has 2 aliphatic heterocycles. The Morgan fingerprint density at radius 1 is 0.402 bits per heavy atom. The normalized spacial score (nSPS) is 23.6. The number of hydrogen-bond donors (Lipinski definition) is 14. The summed E-state index contributed by atoms with van der Waals surface area (Å²) in [5.74, 6) is -4.48. The lowest BCUT2D eigenvalue weighted by Crippen LogP contribution is -2.59. The van der Waals surface area contributed by atoms with Crippen LogP contribution in [0.3, 0.4) is 0 Å². The summed E-state index contributed by atoms with van der Waals surface area (Å²) in [6.45, 7) is 0.988. The predicted molar refractivity (Wildman–Crippen MR) is 269 cm³/mol. The molecule has 0 saturated carbocycles. The van der Waals surface area contributed by atoms with E-state index >= 15 is 0 Å². The fraction of sp³-hybridized carbons (Fsp3) is 0.909. The molecule has 2 heterocycles. The number of hydrogen-bond acceptors (Lipinski definition) is 28. The predicted octanol–water partition coefficient (Wildman–Crippen LogP) is -7.15. The van der Waals surface area contributed by atoms with E-state index in [-0.39, 0.29) is 171 Å². The first kappa shape index (κ1) is 75.4. The van der Waals surface area contributed by atoms with Gasteiger partial charge in [0.25, 0.3) is 0 Å². The number of phosphoric ester groups is 2. The first-order valence-corrected chi connectivity index (χ1v) is 29.0. The number of rotatable bonds is 51. The molecule has 82 heavy (non-hydrogen) atoms. The Hall–Kier alpha value is -2.70. The fourth-order valence-corrected chi connectivity index (χ4v) is 7.42. The highest BCUT2D eigenvalue weighted by atomic mass is 31.2. The van der Waals surface area contributed by atoms with Gasteiger partial charge in [-0.2, -0.15) is 0 Å². The highest BCUT2D eigenvalue weighted by Crippen LogP contribution is 2.38. The summed E-state index contributed by atoms with van der Waals surface area (Å²) in [5.41, 5.74) is 0. The first-order chi connectivity index (χ1) is 39.1. The minimum atomic E-state index is -4.90. The molecule has 482 valence electrons. The average molecular weight is 1240 g/mol. The number of carbonyl (C=O) groups is 4. The zero-order valence-corrected chi connectivity index (χ0v) is 46.9. The van der Waals surface area contributed by atoms with E-state index in [1.807, 2.05) is 0 Å². The number of phosphoric acid groups is 2. The van der Waals surface area contributed by atoms with E-state index < -0.39 is 126 Å². The summed E-state index contributed by atoms with van der Waals surface area (Å²) in [7, 11) is -9.80. The second kappa shape index (κ2) is 44.7. The van der Waals surface area contributed by atoms with Gasteiger partial charge in [-0.3, -0.25) is 28.2 Å². The molecule has 0 aromatic heterocycles. The van der Waals surface area contributed by atoms with Crippen LogP contribution in [0.15, 0.2) is 0 Å². The van der Waals surface area contributed by atoms with Crippen LogP contribution in [-0.4, -0.2) is 319 Å². The van der Waals surface area contributed by atoms with Gasteiger partial charge in [-0.05, 0) is 0 Å². The van der Waals surface area contributed by atoms with E-state index in [0.717, 1.165) is 0 Å². The Bertz CT molecular complexity index is 1710. The van der Waals surface area contributed by atoms with E-state index in [2.05, 4.69) is 25.0 Å². The number of ether oxygens (including phenoxy) is 14. The topological polar surface area (TPSA) is 509 Å². The summed E-state index contributed by atoms with van der Waals surface area (Å²) in [6, 6.07) is 0. The third kappa shape index (κ3) is 36.3. The zero-order valence-electron chi connectivity index (χ0n) is 45.2. The van der Waals surface area contributed by atoms with Crippen LogP contribution in [0, 0.1) is 5.92 Å². The molecule has 0 aromatic carbocycles. The van der Waals surface area contributed by atoms with Crippen LogP contribution >= 0.6 is 15.6 Å². The largest absolute Gasteiger partial charge is 0.481 e. The molecule has 3 amide bonds. The lowest BCUT2D eigenvalue weighted by Gasteiger charge is -2.40. The molecular weight excluding hydrogens is 1160 g/mol. The Morgan fingerprint density at radius 3 is 1.01 bits per heavy atom. The third-order valence-corrected chi connectivity index (χ3v) is 11.9. The van der Waals surface area contributed by atoms with Crippen LogP contribution < -0.4 is 16.0 Å². The summed E-state index contributed by atoms with van der Waals surface area (Å²) in [4.78, 5) is 85.3. The summed E-state index contributed by atoms with van der Waals surface area (Å²) in [6.07, 6.45) is -16.6. The fourth-order valence-electron chi connectivity index (χ4n) is 6.74. The van der Waals surface area contributed by atoms with Crippen molar-refractivity contribution in [3.63, 3.8) is 0 Å². The van der Waals surface area contributed by atoms with E-state index in [1.165, 1.54) is 0 Å². The molecule has 14 N–H and O–H groups in total. The van der Waals surface area contributed by atoms with Gasteiger partial charge in [0.2, 0.25) is 17.7 Å². The van der Waals surface area contributed by atoms with Gasteiger partial charge in [0.05, 0.1) is 165 Å². The van der Waals surface area contributed by atoms with Gasteiger partial charge < -0.3 is 138 Å². The van der Waals surface area contributed by atoms with Gasteiger partial charge in [-0.15, -0.1) is 0 Å². The first-order valence-electron chi connectivity index (χ1n) is 25.9.